The summed E-state index contributed by atoms with van der Waals surface area (Å²) in [6.07, 6.45) is 0. The highest BCUT2D eigenvalue weighted by atomic mass is 32.1. The molecular weight excluding hydrogens is 254 g/mol. The number of hydrogen-bond acceptors (Lipinski definition) is 2. The molecule has 0 saturated heterocycles. The first kappa shape index (κ1) is 11.7. The number of ether oxygens (including phenoxy) is 1. The number of hydrogen-bond donors (Lipinski definition) is 1. The predicted octanol–water partition coefficient (Wildman–Crippen LogP) is 4.09. The minimum absolute atomic E-state index is 0.333. The van der Waals surface area contributed by atoms with E-state index in [1.807, 2.05) is 0 Å². The molecule has 0 saturated carbocycles. The van der Waals surface area contributed by atoms with E-state index >= 15 is 0 Å². The van der Waals surface area contributed by atoms with Crippen LogP contribution in [-0.4, -0.2) is 0 Å². The second-order valence-corrected chi connectivity index (χ2v) is 4.67. The quantitative estimate of drug-likeness (QED) is 0.705. The third kappa shape index (κ3) is 1.91. The summed E-state index contributed by atoms with van der Waals surface area (Å²) < 4.78 is 32.3. The maximum absolute atomic E-state index is 13.4. The first-order valence-electron chi connectivity index (χ1n) is 5.53. The fraction of sp³-hybridized carbons (Fsp3) is 0.143. The van der Waals surface area contributed by atoms with Gasteiger partial charge >= 0.3 is 0 Å². The van der Waals surface area contributed by atoms with E-state index in [4.69, 9.17) is 4.74 Å². The maximum atomic E-state index is 13.4. The molecule has 0 aliphatic carbocycles. The molecule has 92 valence electrons. The fourth-order valence-corrected chi connectivity index (χ4v) is 2.46. The first-order valence-corrected chi connectivity index (χ1v) is 6.05. The summed E-state index contributed by atoms with van der Waals surface area (Å²) in [5, 5.41) is 0. The smallest absolute Gasteiger partial charge is 0.126 e. The van der Waals surface area contributed by atoms with Gasteiger partial charge in [-0.05, 0) is 46.5 Å². The van der Waals surface area contributed by atoms with Gasteiger partial charge in [-0.1, -0.05) is 12.1 Å². The van der Waals surface area contributed by atoms with E-state index in [1.165, 1.54) is 24.3 Å². The topological polar surface area (TPSA) is 9.23 Å². The Bertz CT molecular complexity index is 613. The van der Waals surface area contributed by atoms with E-state index in [1.54, 1.807) is 12.1 Å². The summed E-state index contributed by atoms with van der Waals surface area (Å²) in [6.45, 7) is 0.333. The molecule has 0 bridgehead atoms. The lowest BCUT2D eigenvalue weighted by Gasteiger charge is -2.12. The zero-order valence-electron chi connectivity index (χ0n) is 9.36. The number of fused-ring (bicyclic) bond motifs is 3. The second kappa shape index (κ2) is 4.37. The number of halogens is 2. The van der Waals surface area contributed by atoms with Crippen LogP contribution in [0, 0.1) is 11.6 Å². The summed E-state index contributed by atoms with van der Waals surface area (Å²) >= 11 is 4.34. The van der Waals surface area contributed by atoms with Gasteiger partial charge in [0.1, 0.15) is 17.1 Å². The largest absolute Gasteiger partial charge is 0.358 e. The van der Waals surface area contributed by atoms with Gasteiger partial charge in [0.2, 0.25) is 0 Å². The molecule has 2 aromatic rings. The molecule has 18 heavy (non-hydrogen) atoms. The molecular formula is C14H10F2OS. The van der Waals surface area contributed by atoms with Crippen molar-refractivity contribution in [2.24, 2.45) is 0 Å². The first-order chi connectivity index (χ1) is 8.65. The Morgan fingerprint density at radius 1 is 1.00 bits per heavy atom. The lowest BCUT2D eigenvalue weighted by atomic mass is 9.96. The minimum atomic E-state index is -0.434. The van der Waals surface area contributed by atoms with Crippen LogP contribution in [0.4, 0.5) is 8.78 Å². The molecule has 1 aliphatic rings. The van der Waals surface area contributed by atoms with Crippen LogP contribution in [0.5, 0.6) is 0 Å². The minimum Gasteiger partial charge on any atom is -0.358 e. The van der Waals surface area contributed by atoms with E-state index in [-0.39, 0.29) is 11.6 Å². The standard InChI is InChI=1S/C14H10F2OS/c15-9-2-1-8-7-17-14(18)11-4-3-10(16)6-13(11)12(8)5-9/h1-6,14,18H,7H2. The van der Waals surface area contributed by atoms with Crippen molar-refractivity contribution in [2.45, 2.75) is 12.0 Å². The van der Waals surface area contributed by atoms with Crippen molar-refractivity contribution in [1.82, 2.24) is 0 Å². The Kier molecular flexibility index (Phi) is 2.84. The Balaban J connectivity index is 2.30. The van der Waals surface area contributed by atoms with Gasteiger partial charge in [0, 0.05) is 0 Å². The molecule has 3 rings (SSSR count). The van der Waals surface area contributed by atoms with Gasteiger partial charge in [0.05, 0.1) is 6.61 Å². The molecule has 0 spiro atoms. The zero-order valence-corrected chi connectivity index (χ0v) is 10.3. The maximum Gasteiger partial charge on any atom is 0.126 e. The van der Waals surface area contributed by atoms with Crippen molar-refractivity contribution < 1.29 is 13.5 Å². The number of rotatable bonds is 0. The molecule has 0 radical (unpaired) electrons. The van der Waals surface area contributed by atoms with Gasteiger partial charge in [0.15, 0.2) is 0 Å². The molecule has 4 heteroatoms. The van der Waals surface area contributed by atoms with Crippen LogP contribution in [0.3, 0.4) is 0 Å². The highest BCUT2D eigenvalue weighted by Crippen LogP contribution is 2.38. The van der Waals surface area contributed by atoms with Crippen molar-refractivity contribution in [3.63, 3.8) is 0 Å². The van der Waals surface area contributed by atoms with E-state index in [2.05, 4.69) is 12.6 Å². The molecule has 0 N–H and O–H groups in total. The van der Waals surface area contributed by atoms with Gasteiger partial charge in [-0.2, -0.15) is 0 Å². The lowest BCUT2D eigenvalue weighted by molar-refractivity contribution is 0.103. The van der Waals surface area contributed by atoms with Gasteiger partial charge in [-0.15, -0.1) is 12.6 Å². The average molecular weight is 264 g/mol. The summed E-state index contributed by atoms with van der Waals surface area (Å²) in [7, 11) is 0. The summed E-state index contributed by atoms with van der Waals surface area (Å²) in [5.41, 5.74) is 2.46. The Labute approximate surface area is 109 Å². The molecule has 0 amide bonds. The molecule has 1 heterocycles. The Morgan fingerprint density at radius 3 is 2.44 bits per heavy atom. The highest BCUT2D eigenvalue weighted by molar-refractivity contribution is 7.80. The van der Waals surface area contributed by atoms with Gasteiger partial charge < -0.3 is 4.74 Å². The van der Waals surface area contributed by atoms with Crippen molar-refractivity contribution in [3.8, 4) is 11.1 Å². The second-order valence-electron chi connectivity index (χ2n) is 4.20. The normalized spacial score (nSPS) is 17.8. The Morgan fingerprint density at radius 2 is 1.67 bits per heavy atom. The Hall–Kier alpha value is -1.39. The van der Waals surface area contributed by atoms with Crippen molar-refractivity contribution in [3.05, 3.63) is 59.2 Å². The van der Waals surface area contributed by atoms with Gasteiger partial charge in [0.25, 0.3) is 0 Å². The number of thiol groups is 1. The van der Waals surface area contributed by atoms with Gasteiger partial charge in [-0.25, -0.2) is 8.78 Å². The van der Waals surface area contributed by atoms with Crippen LogP contribution in [0.25, 0.3) is 11.1 Å². The summed E-state index contributed by atoms with van der Waals surface area (Å²) in [4.78, 5) is 0. The number of benzene rings is 2. The van der Waals surface area contributed by atoms with E-state index < -0.39 is 5.44 Å². The van der Waals surface area contributed by atoms with Crippen LogP contribution >= 0.6 is 12.6 Å². The van der Waals surface area contributed by atoms with E-state index in [9.17, 15) is 8.78 Å². The molecule has 1 unspecified atom stereocenters. The van der Waals surface area contributed by atoms with E-state index in [0.717, 1.165) is 11.1 Å². The van der Waals surface area contributed by atoms with Crippen LogP contribution in [0.2, 0.25) is 0 Å². The average Bonchev–Trinajstić information content (AvgIpc) is 2.48. The monoisotopic (exact) mass is 264 g/mol. The van der Waals surface area contributed by atoms with Crippen molar-refractivity contribution in [2.75, 3.05) is 0 Å². The fourth-order valence-electron chi connectivity index (χ4n) is 2.16. The predicted molar refractivity (Wildman–Crippen MR) is 68.3 cm³/mol. The highest BCUT2D eigenvalue weighted by Gasteiger charge is 2.21. The molecule has 2 aromatic carbocycles. The SMILES string of the molecule is Fc1ccc2c(c1)-c1cc(F)ccc1C(S)OC2. The van der Waals surface area contributed by atoms with Crippen LogP contribution in [0.1, 0.15) is 16.6 Å². The molecule has 0 aromatic heterocycles. The van der Waals surface area contributed by atoms with Crippen molar-refractivity contribution >= 4 is 12.6 Å². The van der Waals surface area contributed by atoms with Crippen LogP contribution < -0.4 is 0 Å². The lowest BCUT2D eigenvalue weighted by Crippen LogP contribution is -1.95. The van der Waals surface area contributed by atoms with Gasteiger partial charge in [-0.3, -0.25) is 0 Å². The molecule has 1 atom stereocenters. The van der Waals surface area contributed by atoms with Crippen molar-refractivity contribution in [1.29, 1.82) is 0 Å². The summed E-state index contributed by atoms with van der Waals surface area (Å²) in [6, 6.07) is 8.82. The summed E-state index contributed by atoms with van der Waals surface area (Å²) in [5.74, 6) is -0.701. The molecule has 0 fully saturated rings. The van der Waals surface area contributed by atoms with Crippen LogP contribution in [0.15, 0.2) is 36.4 Å². The molecule has 1 nitrogen and oxygen atoms in total. The van der Waals surface area contributed by atoms with Crippen LogP contribution in [-0.2, 0) is 11.3 Å². The third-order valence-corrected chi connectivity index (χ3v) is 3.47. The molecule has 1 aliphatic heterocycles. The van der Waals surface area contributed by atoms with E-state index in [0.29, 0.717) is 17.7 Å². The third-order valence-electron chi connectivity index (χ3n) is 3.04. The zero-order chi connectivity index (χ0) is 12.7.